The summed E-state index contributed by atoms with van der Waals surface area (Å²) in [4.78, 5) is 12.2. The van der Waals surface area contributed by atoms with Crippen molar-refractivity contribution in [2.45, 2.75) is 26.9 Å². The van der Waals surface area contributed by atoms with Gasteiger partial charge in [-0.3, -0.25) is 4.79 Å². The molecule has 0 aliphatic heterocycles. The van der Waals surface area contributed by atoms with Crippen LogP contribution in [0.1, 0.15) is 32.6 Å². The number of amides is 1. The van der Waals surface area contributed by atoms with Crippen molar-refractivity contribution >= 4 is 17.5 Å². The van der Waals surface area contributed by atoms with Crippen LogP contribution in [-0.2, 0) is 13.0 Å². The molecule has 0 aliphatic rings. The van der Waals surface area contributed by atoms with Crippen LogP contribution in [0, 0.1) is 13.8 Å². The molecular weight excluding hydrogens is 298 g/mol. The summed E-state index contributed by atoms with van der Waals surface area (Å²) in [6.45, 7) is 4.52. The van der Waals surface area contributed by atoms with E-state index in [0.29, 0.717) is 17.1 Å². The maximum atomic E-state index is 12.2. The van der Waals surface area contributed by atoms with Crippen molar-refractivity contribution in [3.63, 3.8) is 0 Å². The van der Waals surface area contributed by atoms with E-state index in [1.54, 1.807) is 0 Å². The quantitative estimate of drug-likeness (QED) is 0.887. The third-order valence-corrected chi connectivity index (χ3v) is 4.05. The Balaban J connectivity index is 1.94. The molecule has 4 heteroatoms. The molecule has 0 spiro atoms. The zero-order valence-corrected chi connectivity index (χ0v) is 13.6. The van der Waals surface area contributed by atoms with E-state index in [1.807, 2.05) is 50.2 Å². The van der Waals surface area contributed by atoms with Crippen LogP contribution in [0.15, 0.2) is 36.4 Å². The van der Waals surface area contributed by atoms with Crippen molar-refractivity contribution in [3.8, 4) is 0 Å². The van der Waals surface area contributed by atoms with Gasteiger partial charge in [0, 0.05) is 6.54 Å². The predicted octanol–water partition coefficient (Wildman–Crippen LogP) is 3.42. The van der Waals surface area contributed by atoms with E-state index in [-0.39, 0.29) is 12.5 Å². The van der Waals surface area contributed by atoms with Crippen LogP contribution in [0.2, 0.25) is 5.02 Å². The zero-order valence-electron chi connectivity index (χ0n) is 12.8. The molecule has 22 heavy (non-hydrogen) atoms. The molecule has 1 amide bonds. The Labute approximate surface area is 135 Å². The highest BCUT2D eigenvalue weighted by Gasteiger charge is 2.11. The van der Waals surface area contributed by atoms with Gasteiger partial charge in [0.1, 0.15) is 0 Å². The van der Waals surface area contributed by atoms with E-state index >= 15 is 0 Å². The van der Waals surface area contributed by atoms with Gasteiger partial charge in [0.25, 0.3) is 5.91 Å². The third-order valence-electron chi connectivity index (χ3n) is 3.73. The first-order valence-electron chi connectivity index (χ1n) is 7.25. The van der Waals surface area contributed by atoms with Gasteiger partial charge in [-0.05, 0) is 54.7 Å². The number of carbonyl (C=O) groups excluding carboxylic acids is 1. The molecule has 0 saturated carbocycles. The molecule has 2 rings (SSSR count). The van der Waals surface area contributed by atoms with Crippen molar-refractivity contribution in [1.29, 1.82) is 0 Å². The molecule has 2 N–H and O–H groups in total. The number of rotatable bonds is 5. The predicted molar refractivity (Wildman–Crippen MR) is 89.3 cm³/mol. The van der Waals surface area contributed by atoms with Gasteiger partial charge in [0.2, 0.25) is 0 Å². The topological polar surface area (TPSA) is 49.3 Å². The summed E-state index contributed by atoms with van der Waals surface area (Å²) in [6.07, 6.45) is 0.736. The van der Waals surface area contributed by atoms with Gasteiger partial charge in [-0.2, -0.15) is 0 Å². The highest BCUT2D eigenvalue weighted by Crippen LogP contribution is 2.20. The average Bonchev–Trinajstić information content (AvgIpc) is 2.51. The minimum Gasteiger partial charge on any atom is -0.392 e. The van der Waals surface area contributed by atoms with Crippen molar-refractivity contribution < 1.29 is 9.90 Å². The first kappa shape index (κ1) is 16.5. The van der Waals surface area contributed by atoms with Crippen molar-refractivity contribution in [1.82, 2.24) is 5.32 Å². The minimum absolute atomic E-state index is 0.0439. The van der Waals surface area contributed by atoms with E-state index < -0.39 is 0 Å². The molecule has 0 fully saturated rings. The van der Waals surface area contributed by atoms with Crippen LogP contribution in [-0.4, -0.2) is 17.6 Å². The maximum absolute atomic E-state index is 12.2. The highest BCUT2D eigenvalue weighted by molar-refractivity contribution is 6.34. The monoisotopic (exact) mass is 317 g/mol. The number of nitrogens with one attached hydrogen (secondary N) is 1. The lowest BCUT2D eigenvalue weighted by Crippen LogP contribution is -2.26. The Morgan fingerprint density at radius 2 is 1.68 bits per heavy atom. The lowest BCUT2D eigenvalue weighted by molar-refractivity contribution is 0.0954. The molecular formula is C18H20ClNO2. The second-order valence-electron chi connectivity index (χ2n) is 5.40. The molecule has 0 saturated heterocycles. The minimum atomic E-state index is -0.153. The first-order valence-corrected chi connectivity index (χ1v) is 7.62. The molecule has 0 aromatic heterocycles. The SMILES string of the molecule is Cc1cc(Cl)c(C(=O)NCCc2ccc(CO)cc2)cc1C. The average molecular weight is 318 g/mol. The molecule has 0 heterocycles. The summed E-state index contributed by atoms with van der Waals surface area (Å²) in [7, 11) is 0. The normalized spacial score (nSPS) is 10.5. The Morgan fingerprint density at radius 1 is 1.09 bits per heavy atom. The molecule has 0 unspecified atom stereocenters. The maximum Gasteiger partial charge on any atom is 0.252 e. The van der Waals surface area contributed by atoms with Crippen molar-refractivity contribution in [2.24, 2.45) is 0 Å². The number of hydrogen-bond acceptors (Lipinski definition) is 2. The second kappa shape index (κ2) is 7.43. The second-order valence-corrected chi connectivity index (χ2v) is 5.80. The van der Waals surface area contributed by atoms with E-state index in [0.717, 1.165) is 28.7 Å². The molecule has 2 aromatic carbocycles. The Hall–Kier alpha value is -1.84. The van der Waals surface area contributed by atoms with Gasteiger partial charge >= 0.3 is 0 Å². The van der Waals surface area contributed by atoms with Crippen LogP contribution >= 0.6 is 11.6 Å². The molecule has 2 aromatic rings. The van der Waals surface area contributed by atoms with Gasteiger partial charge in [-0.25, -0.2) is 0 Å². The fraction of sp³-hybridized carbons (Fsp3) is 0.278. The highest BCUT2D eigenvalue weighted by atomic mass is 35.5. The molecule has 116 valence electrons. The summed E-state index contributed by atoms with van der Waals surface area (Å²) in [5.74, 6) is -0.153. The molecule has 0 atom stereocenters. The smallest absolute Gasteiger partial charge is 0.252 e. The van der Waals surface area contributed by atoms with Gasteiger partial charge < -0.3 is 10.4 Å². The van der Waals surface area contributed by atoms with Gasteiger partial charge in [0.05, 0.1) is 17.2 Å². The van der Waals surface area contributed by atoms with E-state index in [1.165, 1.54) is 0 Å². The molecule has 0 radical (unpaired) electrons. The number of aliphatic hydroxyl groups is 1. The first-order chi connectivity index (χ1) is 10.5. The van der Waals surface area contributed by atoms with Crippen LogP contribution < -0.4 is 5.32 Å². The van der Waals surface area contributed by atoms with Gasteiger partial charge in [-0.1, -0.05) is 35.9 Å². The van der Waals surface area contributed by atoms with E-state index in [9.17, 15) is 4.79 Å². The van der Waals surface area contributed by atoms with Gasteiger partial charge in [0.15, 0.2) is 0 Å². The Kier molecular flexibility index (Phi) is 5.58. The van der Waals surface area contributed by atoms with Crippen molar-refractivity contribution in [3.05, 3.63) is 69.2 Å². The fourth-order valence-electron chi connectivity index (χ4n) is 2.18. The number of hydrogen-bond donors (Lipinski definition) is 2. The summed E-state index contributed by atoms with van der Waals surface area (Å²) in [6, 6.07) is 11.3. The Morgan fingerprint density at radius 3 is 2.32 bits per heavy atom. The lowest BCUT2D eigenvalue weighted by atomic mass is 10.1. The summed E-state index contributed by atoms with van der Waals surface area (Å²) < 4.78 is 0. The van der Waals surface area contributed by atoms with Crippen LogP contribution in [0.4, 0.5) is 0 Å². The summed E-state index contributed by atoms with van der Waals surface area (Å²) in [5.41, 5.74) is 4.64. The number of benzene rings is 2. The fourth-order valence-corrected chi connectivity index (χ4v) is 2.49. The molecule has 3 nitrogen and oxygen atoms in total. The van der Waals surface area contributed by atoms with Crippen LogP contribution in [0.5, 0.6) is 0 Å². The number of halogens is 1. The van der Waals surface area contributed by atoms with Crippen molar-refractivity contribution in [2.75, 3.05) is 6.54 Å². The Bertz CT molecular complexity index is 666. The number of aryl methyl sites for hydroxylation is 2. The standard InChI is InChI=1S/C18H20ClNO2/c1-12-9-16(17(19)10-13(12)2)18(22)20-8-7-14-3-5-15(11-21)6-4-14/h3-6,9-10,21H,7-8,11H2,1-2H3,(H,20,22). The third kappa shape index (κ3) is 4.09. The van der Waals surface area contributed by atoms with E-state index in [2.05, 4.69) is 5.32 Å². The summed E-state index contributed by atoms with van der Waals surface area (Å²) >= 11 is 6.14. The van der Waals surface area contributed by atoms with E-state index in [4.69, 9.17) is 16.7 Å². The largest absolute Gasteiger partial charge is 0.392 e. The lowest BCUT2D eigenvalue weighted by Gasteiger charge is -2.09. The van der Waals surface area contributed by atoms with Crippen LogP contribution in [0.25, 0.3) is 0 Å². The molecule has 0 bridgehead atoms. The number of carbonyl (C=O) groups is 1. The molecule has 0 aliphatic carbocycles. The summed E-state index contributed by atoms with van der Waals surface area (Å²) in [5, 5.41) is 12.4. The zero-order chi connectivity index (χ0) is 16.1. The number of aliphatic hydroxyl groups excluding tert-OH is 1. The van der Waals surface area contributed by atoms with Gasteiger partial charge in [-0.15, -0.1) is 0 Å². The van der Waals surface area contributed by atoms with Crippen LogP contribution in [0.3, 0.4) is 0 Å².